The third-order valence-electron chi connectivity index (χ3n) is 5.57. The van der Waals surface area contributed by atoms with Crippen LogP contribution in [-0.4, -0.2) is 48.4 Å². The van der Waals surface area contributed by atoms with Crippen molar-refractivity contribution in [1.29, 1.82) is 0 Å². The number of benzene rings is 1. The van der Waals surface area contributed by atoms with Crippen LogP contribution in [0.3, 0.4) is 0 Å². The largest absolute Gasteiger partial charge is 0.444 e. The number of anilines is 1. The maximum atomic E-state index is 13.6. The standard InChI is InChI=1S/C20H27N3O5/c1-19(2,3)27-18(25)22-11-9-20(10-12-22)14-6-4-5-7-15(14)23(17(20)24)16-8-13-26-21-28-16/h4-7,16,21H,8-13H2,1-3H3. The number of nitrogens with zero attached hydrogens (tertiary/aromatic N) is 2. The first-order chi connectivity index (χ1) is 13.3. The molecule has 0 aliphatic carbocycles. The molecule has 0 aromatic heterocycles. The molecule has 8 heteroatoms. The Morgan fingerprint density at radius 1 is 1.25 bits per heavy atom. The van der Waals surface area contributed by atoms with Crippen molar-refractivity contribution in [3.8, 4) is 0 Å². The number of ether oxygens (including phenoxy) is 1. The Bertz CT molecular complexity index is 761. The molecule has 1 spiro atoms. The molecule has 0 bridgehead atoms. The molecule has 4 rings (SSSR count). The van der Waals surface area contributed by atoms with Gasteiger partial charge in [-0.05, 0) is 45.2 Å². The lowest BCUT2D eigenvalue weighted by molar-refractivity contribution is -0.238. The highest BCUT2D eigenvalue weighted by Gasteiger charge is 2.54. The number of nitrogens with one attached hydrogen (secondary N) is 1. The van der Waals surface area contributed by atoms with Crippen LogP contribution in [0.2, 0.25) is 0 Å². The minimum atomic E-state index is -0.628. The van der Waals surface area contributed by atoms with E-state index in [0.717, 1.165) is 11.3 Å². The van der Waals surface area contributed by atoms with Gasteiger partial charge in [0.05, 0.1) is 17.7 Å². The van der Waals surface area contributed by atoms with E-state index in [1.54, 1.807) is 9.80 Å². The summed E-state index contributed by atoms with van der Waals surface area (Å²) >= 11 is 0. The van der Waals surface area contributed by atoms with Crippen LogP contribution < -0.4 is 10.5 Å². The average Bonchev–Trinajstić information content (AvgIpc) is 2.90. The van der Waals surface area contributed by atoms with Gasteiger partial charge in [0.15, 0.2) is 6.23 Å². The number of fused-ring (bicyclic) bond motifs is 2. The van der Waals surface area contributed by atoms with Gasteiger partial charge in [-0.25, -0.2) is 4.79 Å². The zero-order valence-electron chi connectivity index (χ0n) is 16.6. The Morgan fingerprint density at radius 3 is 2.61 bits per heavy atom. The molecule has 0 radical (unpaired) electrons. The number of rotatable bonds is 1. The molecule has 8 nitrogen and oxygen atoms in total. The Morgan fingerprint density at radius 2 is 1.96 bits per heavy atom. The highest BCUT2D eigenvalue weighted by Crippen LogP contribution is 2.49. The van der Waals surface area contributed by atoms with Crippen molar-refractivity contribution < 1.29 is 24.0 Å². The number of para-hydroxylation sites is 1. The van der Waals surface area contributed by atoms with Crippen LogP contribution in [0.25, 0.3) is 0 Å². The lowest BCUT2D eigenvalue weighted by atomic mass is 9.73. The second kappa shape index (κ2) is 7.02. The molecule has 3 aliphatic heterocycles. The molecule has 28 heavy (non-hydrogen) atoms. The van der Waals surface area contributed by atoms with E-state index in [-0.39, 0.29) is 12.0 Å². The molecular formula is C20H27N3O5. The van der Waals surface area contributed by atoms with Crippen molar-refractivity contribution in [1.82, 2.24) is 10.5 Å². The Labute approximate surface area is 164 Å². The summed E-state index contributed by atoms with van der Waals surface area (Å²) < 4.78 is 5.49. The SMILES string of the molecule is CC(C)(C)OC(=O)N1CCC2(CC1)C(=O)N(C1CCONO1)c1ccccc12. The summed E-state index contributed by atoms with van der Waals surface area (Å²) in [5, 5.41) is 0. The minimum Gasteiger partial charge on any atom is -0.444 e. The molecule has 152 valence electrons. The summed E-state index contributed by atoms with van der Waals surface area (Å²) in [6.45, 7) is 6.99. The van der Waals surface area contributed by atoms with Crippen molar-refractivity contribution in [2.45, 2.75) is 57.3 Å². The first kappa shape index (κ1) is 19.2. The van der Waals surface area contributed by atoms with Crippen LogP contribution in [0, 0.1) is 0 Å². The van der Waals surface area contributed by atoms with Gasteiger partial charge in [0, 0.05) is 19.5 Å². The third-order valence-corrected chi connectivity index (χ3v) is 5.57. The van der Waals surface area contributed by atoms with Crippen LogP contribution in [0.15, 0.2) is 24.3 Å². The predicted molar refractivity (Wildman–Crippen MR) is 101 cm³/mol. The Hall–Kier alpha value is -2.16. The van der Waals surface area contributed by atoms with E-state index in [1.807, 2.05) is 45.0 Å². The molecule has 0 saturated carbocycles. The zero-order valence-corrected chi connectivity index (χ0v) is 16.6. The first-order valence-electron chi connectivity index (χ1n) is 9.75. The van der Waals surface area contributed by atoms with E-state index in [0.29, 0.717) is 39.0 Å². The summed E-state index contributed by atoms with van der Waals surface area (Å²) in [4.78, 5) is 40.0. The predicted octanol–water partition coefficient (Wildman–Crippen LogP) is 2.48. The number of likely N-dealkylation sites (tertiary alicyclic amines) is 1. The molecule has 1 aromatic carbocycles. The summed E-state index contributed by atoms with van der Waals surface area (Å²) in [6.07, 6.45) is 0.984. The van der Waals surface area contributed by atoms with Crippen LogP contribution >= 0.6 is 0 Å². The average molecular weight is 389 g/mol. The molecule has 3 heterocycles. The van der Waals surface area contributed by atoms with Crippen molar-refractivity contribution in [2.24, 2.45) is 0 Å². The van der Waals surface area contributed by atoms with Gasteiger partial charge in [-0.1, -0.05) is 23.8 Å². The van der Waals surface area contributed by atoms with Gasteiger partial charge in [0.25, 0.3) is 0 Å². The van der Waals surface area contributed by atoms with Crippen LogP contribution in [0.1, 0.15) is 45.6 Å². The number of carbonyl (C=O) groups is 2. The normalized spacial score (nSPS) is 24.4. The minimum absolute atomic E-state index is 0.0336. The zero-order chi connectivity index (χ0) is 19.9. The number of carbonyl (C=O) groups excluding carboxylic acids is 2. The van der Waals surface area contributed by atoms with E-state index in [4.69, 9.17) is 14.4 Å². The highest BCUT2D eigenvalue weighted by atomic mass is 16.9. The lowest BCUT2D eigenvalue weighted by Gasteiger charge is -2.39. The second-order valence-electron chi connectivity index (χ2n) is 8.53. The van der Waals surface area contributed by atoms with E-state index in [1.165, 1.54) is 0 Å². The quantitative estimate of drug-likeness (QED) is 0.795. The van der Waals surface area contributed by atoms with E-state index in [2.05, 4.69) is 5.64 Å². The topological polar surface area (TPSA) is 80.3 Å². The molecule has 1 N–H and O–H groups in total. The van der Waals surface area contributed by atoms with Gasteiger partial charge in [-0.2, -0.15) is 0 Å². The maximum absolute atomic E-state index is 13.6. The van der Waals surface area contributed by atoms with Gasteiger partial charge < -0.3 is 9.64 Å². The molecule has 2 fully saturated rings. The molecular weight excluding hydrogens is 362 g/mol. The van der Waals surface area contributed by atoms with Gasteiger partial charge in [0.2, 0.25) is 5.91 Å². The molecule has 2 amide bonds. The molecule has 2 saturated heterocycles. The Balaban J connectivity index is 1.57. The van der Waals surface area contributed by atoms with Gasteiger partial charge in [-0.15, -0.1) is 0 Å². The molecule has 1 aromatic rings. The second-order valence-corrected chi connectivity index (χ2v) is 8.53. The number of hydrogen-bond acceptors (Lipinski definition) is 6. The molecule has 3 aliphatic rings. The van der Waals surface area contributed by atoms with Crippen molar-refractivity contribution in [3.05, 3.63) is 29.8 Å². The number of hydrogen-bond donors (Lipinski definition) is 1. The number of piperidine rings is 1. The van der Waals surface area contributed by atoms with Crippen molar-refractivity contribution in [2.75, 3.05) is 24.6 Å². The maximum Gasteiger partial charge on any atom is 0.410 e. The van der Waals surface area contributed by atoms with Crippen LogP contribution in [-0.2, 0) is 24.6 Å². The van der Waals surface area contributed by atoms with Crippen LogP contribution in [0.5, 0.6) is 0 Å². The lowest BCUT2D eigenvalue weighted by Crippen LogP contribution is -2.54. The third kappa shape index (κ3) is 3.25. The molecule has 1 atom stereocenters. The fraction of sp³-hybridized carbons (Fsp3) is 0.600. The van der Waals surface area contributed by atoms with Gasteiger partial charge in [0.1, 0.15) is 5.60 Å². The number of amides is 2. The first-order valence-corrected chi connectivity index (χ1v) is 9.75. The van der Waals surface area contributed by atoms with Gasteiger partial charge >= 0.3 is 6.09 Å². The van der Waals surface area contributed by atoms with Crippen molar-refractivity contribution >= 4 is 17.7 Å². The summed E-state index contributed by atoms with van der Waals surface area (Å²) in [5.41, 5.74) is 3.17. The highest BCUT2D eigenvalue weighted by molar-refractivity contribution is 6.08. The van der Waals surface area contributed by atoms with E-state index >= 15 is 0 Å². The summed E-state index contributed by atoms with van der Waals surface area (Å²) in [6, 6.07) is 7.87. The fourth-order valence-electron chi connectivity index (χ4n) is 4.24. The van der Waals surface area contributed by atoms with E-state index < -0.39 is 17.2 Å². The van der Waals surface area contributed by atoms with Gasteiger partial charge in [-0.3, -0.25) is 19.4 Å². The van der Waals surface area contributed by atoms with Crippen LogP contribution in [0.4, 0.5) is 10.5 Å². The van der Waals surface area contributed by atoms with E-state index in [9.17, 15) is 9.59 Å². The molecule has 1 unspecified atom stereocenters. The fourth-order valence-corrected chi connectivity index (χ4v) is 4.24. The Kier molecular flexibility index (Phi) is 4.81. The monoisotopic (exact) mass is 389 g/mol. The van der Waals surface area contributed by atoms with Crippen molar-refractivity contribution in [3.63, 3.8) is 0 Å². The summed E-state index contributed by atoms with van der Waals surface area (Å²) in [5.74, 6) is 0.0336. The smallest absolute Gasteiger partial charge is 0.410 e. The summed E-state index contributed by atoms with van der Waals surface area (Å²) in [7, 11) is 0.